The third-order valence-corrected chi connectivity index (χ3v) is 7.95. The first-order chi connectivity index (χ1) is 20.2. The molecule has 1 heterocycles. The molecule has 5 atom stereocenters. The topological polar surface area (TPSA) is 146 Å². The van der Waals surface area contributed by atoms with Crippen LogP contribution in [0.5, 0.6) is 0 Å². The Morgan fingerprint density at radius 3 is 2.43 bits per heavy atom. The summed E-state index contributed by atoms with van der Waals surface area (Å²) < 4.78 is 5.65. The number of hydrogen-bond donors (Lipinski definition) is 4. The Hall–Kier alpha value is -3.37. The summed E-state index contributed by atoms with van der Waals surface area (Å²) in [7, 11) is 0. The Kier molecular flexibility index (Phi) is 12.9. The lowest BCUT2D eigenvalue weighted by molar-refractivity contribution is -0.202. The zero-order valence-corrected chi connectivity index (χ0v) is 25.0. The molecule has 2 amide bonds. The Morgan fingerprint density at radius 1 is 1.12 bits per heavy atom. The predicted octanol–water partition coefficient (Wildman–Crippen LogP) is 4.46. The number of carbonyl (C=O) groups is 3. The average molecular weight is 579 g/mol. The molecule has 2 aromatic rings. The molecule has 0 aliphatic carbocycles. The SMILES string of the molecule is CCCC(C[C@@H](c1ccc(C)cc1)[C@H](C/C=C/c1ccccc1)C(=O)NOC1CCCCO1)(C(=O)NN)C(=O)[C@@H](C)N. The molecule has 42 heavy (non-hydrogen) atoms. The van der Waals surface area contributed by atoms with Crippen LogP contribution in [0.3, 0.4) is 0 Å². The molecule has 1 aliphatic rings. The number of rotatable bonds is 15. The van der Waals surface area contributed by atoms with Crippen molar-refractivity contribution >= 4 is 23.7 Å². The van der Waals surface area contributed by atoms with E-state index in [1.807, 2.05) is 80.6 Å². The maximum absolute atomic E-state index is 13.9. The third-order valence-electron chi connectivity index (χ3n) is 7.95. The smallest absolute Gasteiger partial charge is 0.247 e. The molecule has 9 nitrogen and oxygen atoms in total. The number of hydrazine groups is 1. The van der Waals surface area contributed by atoms with Gasteiger partial charge in [0.1, 0.15) is 5.41 Å². The summed E-state index contributed by atoms with van der Waals surface area (Å²) in [6.45, 7) is 6.02. The maximum atomic E-state index is 13.9. The van der Waals surface area contributed by atoms with Gasteiger partial charge in [-0.2, -0.15) is 0 Å². The standard InChI is InChI=1S/C33H46N4O5/c1-4-20-33(32(40)36-35,30(38)24(3)34)22-28(26-18-16-23(2)17-19-26)27(14-10-13-25-11-6-5-7-12-25)31(39)37-42-29-15-8-9-21-41-29/h5-7,10-13,16-19,24,27-29H,4,8-9,14-15,20-22,34-35H2,1-3H3,(H,36,40)(H,37,39)/b13-10+/t24-,27+,28+,29?,33?/m1/s1. The second kappa shape index (κ2) is 16.3. The van der Waals surface area contributed by atoms with Crippen molar-refractivity contribution in [2.45, 2.75) is 84.0 Å². The second-order valence-electron chi connectivity index (χ2n) is 11.2. The summed E-state index contributed by atoms with van der Waals surface area (Å²) >= 11 is 0. The van der Waals surface area contributed by atoms with Crippen molar-refractivity contribution in [3.05, 3.63) is 77.4 Å². The van der Waals surface area contributed by atoms with E-state index in [4.69, 9.17) is 21.2 Å². The number of hydroxylamine groups is 1. The van der Waals surface area contributed by atoms with E-state index in [-0.39, 0.29) is 18.7 Å². The Morgan fingerprint density at radius 2 is 1.83 bits per heavy atom. The Bertz CT molecular complexity index is 1180. The van der Waals surface area contributed by atoms with Crippen LogP contribution in [0, 0.1) is 18.3 Å². The molecule has 0 aromatic heterocycles. The second-order valence-corrected chi connectivity index (χ2v) is 11.2. The van der Waals surface area contributed by atoms with E-state index in [0.717, 1.165) is 29.5 Å². The first kappa shape index (κ1) is 33.1. The van der Waals surface area contributed by atoms with Crippen LogP contribution in [-0.2, 0) is 24.0 Å². The number of amides is 2. The van der Waals surface area contributed by atoms with Gasteiger partial charge in [0.15, 0.2) is 12.1 Å². The molecule has 0 saturated carbocycles. The largest absolute Gasteiger partial charge is 0.350 e. The fraction of sp³-hybridized carbons (Fsp3) is 0.485. The van der Waals surface area contributed by atoms with Gasteiger partial charge in [0.25, 0.3) is 0 Å². The summed E-state index contributed by atoms with van der Waals surface area (Å²) in [6.07, 6.45) is 7.10. The molecule has 2 aromatic carbocycles. The average Bonchev–Trinajstić information content (AvgIpc) is 3.01. The fourth-order valence-corrected chi connectivity index (χ4v) is 5.70. The number of carbonyl (C=O) groups excluding carboxylic acids is 3. The van der Waals surface area contributed by atoms with Gasteiger partial charge >= 0.3 is 0 Å². The van der Waals surface area contributed by atoms with Crippen molar-refractivity contribution in [3.63, 3.8) is 0 Å². The van der Waals surface area contributed by atoms with Crippen LogP contribution in [0.2, 0.25) is 0 Å². The lowest BCUT2D eigenvalue weighted by Gasteiger charge is -2.37. The third kappa shape index (κ3) is 8.82. The summed E-state index contributed by atoms with van der Waals surface area (Å²) in [5, 5.41) is 0. The van der Waals surface area contributed by atoms with Crippen molar-refractivity contribution in [1.82, 2.24) is 10.9 Å². The van der Waals surface area contributed by atoms with Gasteiger partial charge < -0.3 is 10.5 Å². The number of benzene rings is 2. The molecule has 0 bridgehead atoms. The van der Waals surface area contributed by atoms with E-state index in [0.29, 0.717) is 25.9 Å². The number of ketones is 1. The van der Waals surface area contributed by atoms with Crippen molar-refractivity contribution in [2.75, 3.05) is 6.61 Å². The van der Waals surface area contributed by atoms with Gasteiger partial charge in [-0.25, -0.2) is 16.2 Å². The molecule has 0 spiro atoms. The minimum atomic E-state index is -1.53. The predicted molar refractivity (Wildman–Crippen MR) is 163 cm³/mol. The minimum absolute atomic E-state index is 0.0461. The van der Waals surface area contributed by atoms with E-state index in [2.05, 4.69) is 10.9 Å². The molecule has 3 rings (SSSR count). The Labute approximate surface area is 249 Å². The molecule has 2 unspecified atom stereocenters. The molecule has 6 N–H and O–H groups in total. The molecular formula is C33H46N4O5. The molecule has 1 fully saturated rings. The zero-order valence-electron chi connectivity index (χ0n) is 25.0. The maximum Gasteiger partial charge on any atom is 0.247 e. The first-order valence-electron chi connectivity index (χ1n) is 14.9. The summed E-state index contributed by atoms with van der Waals surface area (Å²) in [5.41, 5.74) is 12.3. The van der Waals surface area contributed by atoms with Crippen LogP contribution in [-0.4, -0.2) is 36.5 Å². The molecule has 9 heteroatoms. The Balaban J connectivity index is 2.06. The van der Waals surface area contributed by atoms with Gasteiger partial charge in [-0.3, -0.25) is 19.8 Å². The summed E-state index contributed by atoms with van der Waals surface area (Å²) in [5.74, 6) is 3.04. The molecule has 0 radical (unpaired) electrons. The quantitative estimate of drug-likeness (QED) is 0.106. The van der Waals surface area contributed by atoms with Gasteiger partial charge in [0, 0.05) is 13.0 Å². The first-order valence-corrected chi connectivity index (χ1v) is 14.9. The number of allylic oxidation sites excluding steroid dienone is 1. The molecule has 1 saturated heterocycles. The van der Waals surface area contributed by atoms with E-state index in [1.54, 1.807) is 6.92 Å². The lowest BCUT2D eigenvalue weighted by Crippen LogP contribution is -2.54. The van der Waals surface area contributed by atoms with Gasteiger partial charge in [-0.15, -0.1) is 0 Å². The monoisotopic (exact) mass is 578 g/mol. The van der Waals surface area contributed by atoms with Gasteiger partial charge in [0.2, 0.25) is 11.8 Å². The van der Waals surface area contributed by atoms with E-state index in [9.17, 15) is 14.4 Å². The normalized spacial score (nSPS) is 18.9. The molecule has 1 aliphatic heterocycles. The number of hydrogen-bond acceptors (Lipinski definition) is 7. The van der Waals surface area contributed by atoms with Crippen molar-refractivity contribution in [1.29, 1.82) is 0 Å². The fourth-order valence-electron chi connectivity index (χ4n) is 5.70. The lowest BCUT2D eigenvalue weighted by atomic mass is 9.66. The summed E-state index contributed by atoms with van der Waals surface area (Å²) in [4.78, 5) is 46.8. The number of ether oxygens (including phenoxy) is 1. The number of aryl methyl sites for hydroxylation is 1. The highest BCUT2D eigenvalue weighted by Gasteiger charge is 2.49. The minimum Gasteiger partial charge on any atom is -0.350 e. The van der Waals surface area contributed by atoms with Crippen LogP contribution in [0.25, 0.3) is 6.08 Å². The van der Waals surface area contributed by atoms with Gasteiger partial charge in [0.05, 0.1) is 12.0 Å². The van der Waals surface area contributed by atoms with E-state index in [1.165, 1.54) is 0 Å². The highest BCUT2D eigenvalue weighted by atomic mass is 16.8. The van der Waals surface area contributed by atoms with Crippen molar-refractivity contribution < 1.29 is 24.0 Å². The van der Waals surface area contributed by atoms with E-state index >= 15 is 0 Å². The van der Waals surface area contributed by atoms with Crippen LogP contribution in [0.15, 0.2) is 60.7 Å². The molecular weight excluding hydrogens is 532 g/mol. The van der Waals surface area contributed by atoms with Crippen molar-refractivity contribution in [3.8, 4) is 0 Å². The highest BCUT2D eigenvalue weighted by Crippen LogP contribution is 2.43. The number of nitrogens with one attached hydrogen (secondary N) is 2. The highest BCUT2D eigenvalue weighted by molar-refractivity contribution is 6.08. The van der Waals surface area contributed by atoms with Crippen LogP contribution in [0.4, 0.5) is 0 Å². The number of Topliss-reactive ketones (excluding diaryl/α,β-unsaturated/α-hetero) is 1. The van der Waals surface area contributed by atoms with Crippen LogP contribution in [0.1, 0.15) is 81.4 Å². The van der Waals surface area contributed by atoms with Crippen LogP contribution >= 0.6 is 0 Å². The van der Waals surface area contributed by atoms with Crippen molar-refractivity contribution in [2.24, 2.45) is 22.9 Å². The van der Waals surface area contributed by atoms with Crippen LogP contribution < -0.4 is 22.5 Å². The summed E-state index contributed by atoms with van der Waals surface area (Å²) in [6, 6.07) is 16.7. The zero-order chi connectivity index (χ0) is 30.5. The van der Waals surface area contributed by atoms with Gasteiger partial charge in [-0.1, -0.05) is 85.7 Å². The molecule has 228 valence electrons. The number of nitrogens with two attached hydrogens (primary N) is 2. The van der Waals surface area contributed by atoms with E-state index < -0.39 is 41.3 Å². The van der Waals surface area contributed by atoms with Gasteiger partial charge in [-0.05, 0) is 63.0 Å².